The summed E-state index contributed by atoms with van der Waals surface area (Å²) < 4.78 is 36.2. The van der Waals surface area contributed by atoms with E-state index in [0.29, 0.717) is 13.0 Å². The zero-order valence-corrected chi connectivity index (χ0v) is 8.82. The molecule has 0 aromatic carbocycles. The van der Waals surface area contributed by atoms with Crippen molar-refractivity contribution in [2.75, 3.05) is 13.7 Å². The van der Waals surface area contributed by atoms with Gasteiger partial charge in [0, 0.05) is 13.0 Å². The molecule has 0 unspecified atom stereocenters. The fourth-order valence-electron chi connectivity index (χ4n) is 1.04. The van der Waals surface area contributed by atoms with Crippen LogP contribution in [0.25, 0.3) is 0 Å². The molecule has 9 heteroatoms. The lowest BCUT2D eigenvalue weighted by atomic mass is 10.2. The minimum absolute atomic E-state index is 0.295. The quantitative estimate of drug-likeness (QED) is 0.550. The molecule has 1 rings (SSSR count). The molecule has 1 aliphatic rings. The van der Waals surface area contributed by atoms with Crippen LogP contribution >= 0.6 is 0 Å². The Hall–Kier alpha value is -1.35. The van der Waals surface area contributed by atoms with Gasteiger partial charge < -0.3 is 20.3 Å². The number of esters is 1. The summed E-state index contributed by atoms with van der Waals surface area (Å²) >= 11 is 0. The molecule has 0 spiro atoms. The van der Waals surface area contributed by atoms with E-state index >= 15 is 0 Å². The van der Waals surface area contributed by atoms with Crippen LogP contribution in [0.2, 0.25) is 0 Å². The number of aliphatic carboxylic acids is 1. The lowest BCUT2D eigenvalue weighted by Gasteiger charge is -2.05. The van der Waals surface area contributed by atoms with E-state index in [1.54, 1.807) is 0 Å². The summed E-state index contributed by atoms with van der Waals surface area (Å²) in [6, 6.07) is -0.306. The maximum Gasteiger partial charge on any atom is 0.490 e. The average molecular weight is 259 g/mol. The number of carbonyl (C=O) groups excluding carboxylic acids is 1. The van der Waals surface area contributed by atoms with E-state index in [2.05, 4.69) is 10.1 Å². The number of alkyl halides is 3. The van der Waals surface area contributed by atoms with Gasteiger partial charge in [-0.15, -0.1) is 0 Å². The number of carboxylic acid groups (broad SMARTS) is 1. The monoisotopic (exact) mass is 259 g/mol. The number of β-amino-alcohol motifs (C(OH)–C–C–N with tert-alkyl or cyclic N) is 1. The molecule has 1 saturated heterocycles. The molecular formula is C8H12F3NO5. The maximum absolute atomic E-state index is 10.8. The van der Waals surface area contributed by atoms with Crippen molar-refractivity contribution in [3.05, 3.63) is 0 Å². The molecule has 0 aromatic rings. The molecule has 0 bridgehead atoms. The van der Waals surface area contributed by atoms with Gasteiger partial charge in [-0.1, -0.05) is 0 Å². The Labute approximate surface area is 94.4 Å². The van der Waals surface area contributed by atoms with E-state index in [-0.39, 0.29) is 12.0 Å². The highest BCUT2D eigenvalue weighted by Gasteiger charge is 2.38. The largest absolute Gasteiger partial charge is 0.490 e. The molecule has 2 atom stereocenters. The third-order valence-corrected chi connectivity index (χ3v) is 1.84. The van der Waals surface area contributed by atoms with Crippen molar-refractivity contribution in [2.45, 2.75) is 24.7 Å². The van der Waals surface area contributed by atoms with Crippen molar-refractivity contribution in [2.24, 2.45) is 0 Å². The molecule has 0 aliphatic carbocycles. The summed E-state index contributed by atoms with van der Waals surface area (Å²) in [6.45, 7) is 0.486. The highest BCUT2D eigenvalue weighted by atomic mass is 19.4. The van der Waals surface area contributed by atoms with Crippen LogP contribution in [-0.4, -0.2) is 54.1 Å². The Morgan fingerprint density at radius 2 is 1.88 bits per heavy atom. The Balaban J connectivity index is 0.000000325. The number of nitrogens with one attached hydrogen (secondary N) is 1. The first-order chi connectivity index (χ1) is 7.68. The van der Waals surface area contributed by atoms with Gasteiger partial charge in [0.05, 0.1) is 13.2 Å². The van der Waals surface area contributed by atoms with Gasteiger partial charge in [-0.05, 0) is 0 Å². The standard InChI is InChI=1S/C6H11NO3.C2HF3O2/c1-10-6(9)5-2-4(8)3-7-5;3-2(4,5)1(6)7/h4-5,7-8H,2-3H2,1H3;(H,6,7)/t4-,5+;/m1./s1. The van der Waals surface area contributed by atoms with Crippen molar-refractivity contribution in [3.8, 4) is 0 Å². The minimum atomic E-state index is -5.08. The Kier molecular flexibility index (Phi) is 5.89. The molecule has 0 radical (unpaired) electrons. The summed E-state index contributed by atoms with van der Waals surface area (Å²) in [5.41, 5.74) is 0. The Morgan fingerprint density at radius 3 is 2.12 bits per heavy atom. The van der Waals surface area contributed by atoms with Crippen molar-refractivity contribution in [1.82, 2.24) is 5.32 Å². The lowest BCUT2D eigenvalue weighted by molar-refractivity contribution is -0.192. The second-order valence-corrected chi connectivity index (χ2v) is 3.18. The Bertz CT molecular complexity index is 281. The van der Waals surface area contributed by atoms with Crippen LogP contribution < -0.4 is 5.32 Å². The van der Waals surface area contributed by atoms with E-state index in [0.717, 1.165) is 0 Å². The van der Waals surface area contributed by atoms with Crippen LogP contribution in [0.5, 0.6) is 0 Å². The van der Waals surface area contributed by atoms with Crippen LogP contribution in [0.1, 0.15) is 6.42 Å². The highest BCUT2D eigenvalue weighted by Crippen LogP contribution is 2.13. The molecule has 1 fully saturated rings. The first-order valence-electron chi connectivity index (χ1n) is 4.48. The van der Waals surface area contributed by atoms with Crippen LogP contribution in [0.15, 0.2) is 0 Å². The van der Waals surface area contributed by atoms with E-state index in [4.69, 9.17) is 15.0 Å². The molecule has 17 heavy (non-hydrogen) atoms. The highest BCUT2D eigenvalue weighted by molar-refractivity contribution is 5.76. The van der Waals surface area contributed by atoms with E-state index in [1.165, 1.54) is 7.11 Å². The van der Waals surface area contributed by atoms with Gasteiger partial charge in [-0.3, -0.25) is 4.79 Å². The van der Waals surface area contributed by atoms with Gasteiger partial charge in [0.15, 0.2) is 0 Å². The fraction of sp³-hybridized carbons (Fsp3) is 0.750. The first-order valence-corrected chi connectivity index (χ1v) is 4.48. The van der Waals surface area contributed by atoms with Crippen molar-refractivity contribution >= 4 is 11.9 Å². The molecule has 3 N–H and O–H groups in total. The predicted molar refractivity (Wildman–Crippen MR) is 48.1 cm³/mol. The number of ether oxygens (including phenoxy) is 1. The summed E-state index contributed by atoms with van der Waals surface area (Å²) in [6.07, 6.45) is -5.02. The average Bonchev–Trinajstić information content (AvgIpc) is 2.63. The van der Waals surface area contributed by atoms with Crippen molar-refractivity contribution in [1.29, 1.82) is 0 Å². The second kappa shape index (κ2) is 6.40. The minimum Gasteiger partial charge on any atom is -0.475 e. The molecule has 1 heterocycles. The van der Waals surface area contributed by atoms with Gasteiger partial charge in [-0.25, -0.2) is 4.79 Å². The van der Waals surface area contributed by atoms with Gasteiger partial charge in [-0.2, -0.15) is 13.2 Å². The van der Waals surface area contributed by atoms with E-state index in [1.807, 2.05) is 0 Å². The van der Waals surface area contributed by atoms with Crippen LogP contribution in [-0.2, 0) is 14.3 Å². The predicted octanol–water partition coefficient (Wildman–Crippen LogP) is -0.484. The summed E-state index contributed by atoms with van der Waals surface area (Å²) in [7, 11) is 1.34. The number of carbonyl (C=O) groups is 2. The third-order valence-electron chi connectivity index (χ3n) is 1.84. The third kappa shape index (κ3) is 6.07. The number of aliphatic hydroxyl groups excluding tert-OH is 1. The summed E-state index contributed by atoms with van der Waals surface area (Å²) in [4.78, 5) is 19.7. The topological polar surface area (TPSA) is 95.9 Å². The molecule has 1 aliphatic heterocycles. The van der Waals surface area contributed by atoms with Crippen LogP contribution in [0.4, 0.5) is 13.2 Å². The number of aliphatic hydroxyl groups is 1. The van der Waals surface area contributed by atoms with Gasteiger partial charge in [0.1, 0.15) is 6.04 Å². The molecule has 6 nitrogen and oxygen atoms in total. The second-order valence-electron chi connectivity index (χ2n) is 3.18. The van der Waals surface area contributed by atoms with Crippen molar-refractivity contribution < 1.29 is 37.7 Å². The van der Waals surface area contributed by atoms with Gasteiger partial charge in [0.2, 0.25) is 0 Å². The molecule has 100 valence electrons. The number of carboxylic acids is 1. The first kappa shape index (κ1) is 15.7. The number of methoxy groups -OCH3 is 1. The number of hydrogen-bond acceptors (Lipinski definition) is 5. The van der Waals surface area contributed by atoms with Gasteiger partial charge >= 0.3 is 18.1 Å². The summed E-state index contributed by atoms with van der Waals surface area (Å²) in [5.74, 6) is -3.05. The van der Waals surface area contributed by atoms with Crippen LogP contribution in [0, 0.1) is 0 Å². The maximum atomic E-state index is 10.8. The number of hydrogen-bond donors (Lipinski definition) is 3. The Morgan fingerprint density at radius 1 is 1.41 bits per heavy atom. The molecular weight excluding hydrogens is 247 g/mol. The lowest BCUT2D eigenvalue weighted by Crippen LogP contribution is -2.31. The zero-order valence-electron chi connectivity index (χ0n) is 8.82. The zero-order chi connectivity index (χ0) is 13.6. The van der Waals surface area contributed by atoms with Gasteiger partial charge in [0.25, 0.3) is 0 Å². The summed E-state index contributed by atoms with van der Waals surface area (Å²) in [5, 5.41) is 18.9. The SMILES string of the molecule is COC(=O)[C@@H]1C[C@@H](O)CN1.O=C(O)C(F)(F)F. The smallest absolute Gasteiger partial charge is 0.475 e. The molecule has 0 amide bonds. The van der Waals surface area contributed by atoms with E-state index < -0.39 is 18.2 Å². The fourth-order valence-corrected chi connectivity index (χ4v) is 1.04. The number of halogens is 3. The molecule has 0 saturated carbocycles. The number of rotatable bonds is 1. The van der Waals surface area contributed by atoms with E-state index in [9.17, 15) is 18.0 Å². The molecule has 0 aromatic heterocycles. The normalized spacial score (nSPS) is 23.6. The van der Waals surface area contributed by atoms with Crippen molar-refractivity contribution in [3.63, 3.8) is 0 Å². The van der Waals surface area contributed by atoms with Crippen LogP contribution in [0.3, 0.4) is 0 Å².